The van der Waals surface area contributed by atoms with Gasteiger partial charge in [0, 0.05) is 24.2 Å². The standard InChI is InChI=1S/C30H39NO3/c1-4-6-8-18-33-28-14-10-24(11-15-28)20-26-22-31(3)23-27(30(26)32)21-25-12-16-29(17-13-25)34-19-9-7-5-2/h10-17,20-21H,4-9,18-19,22-23H2,1-3H3/b26-20-,27-21+. The molecule has 0 spiro atoms. The smallest absolute Gasteiger partial charge is 0.187 e. The van der Waals surface area contributed by atoms with Crippen LogP contribution in [0, 0.1) is 0 Å². The van der Waals surface area contributed by atoms with Gasteiger partial charge in [0.2, 0.25) is 0 Å². The number of ether oxygens (including phenoxy) is 2. The average Bonchev–Trinajstić information content (AvgIpc) is 2.84. The van der Waals surface area contributed by atoms with Gasteiger partial charge in [0.1, 0.15) is 11.5 Å². The normalized spacial score (nSPS) is 16.9. The molecule has 0 unspecified atom stereocenters. The third-order valence-electron chi connectivity index (χ3n) is 5.94. The number of piperidine rings is 1. The molecule has 2 aromatic carbocycles. The van der Waals surface area contributed by atoms with Crippen molar-refractivity contribution in [1.82, 2.24) is 4.90 Å². The average molecular weight is 462 g/mol. The molecule has 0 aliphatic carbocycles. The summed E-state index contributed by atoms with van der Waals surface area (Å²) in [5, 5.41) is 0. The van der Waals surface area contributed by atoms with Crippen LogP contribution in [-0.2, 0) is 4.79 Å². The molecule has 34 heavy (non-hydrogen) atoms. The van der Waals surface area contributed by atoms with Crippen molar-refractivity contribution >= 4 is 17.9 Å². The number of Topliss-reactive ketones (excluding diaryl/α,β-unsaturated/α-hetero) is 1. The molecule has 0 radical (unpaired) electrons. The SMILES string of the molecule is CCCCCOc1ccc(/C=C2/CN(C)C/C(=C\c3ccc(OCCCCC)cc3)C2=O)cc1. The van der Waals surface area contributed by atoms with E-state index in [4.69, 9.17) is 9.47 Å². The van der Waals surface area contributed by atoms with Crippen LogP contribution in [-0.4, -0.2) is 44.0 Å². The van der Waals surface area contributed by atoms with Crippen LogP contribution >= 0.6 is 0 Å². The first kappa shape index (κ1) is 25.8. The van der Waals surface area contributed by atoms with E-state index in [1.165, 1.54) is 25.7 Å². The summed E-state index contributed by atoms with van der Waals surface area (Å²) in [6.07, 6.45) is 10.9. The van der Waals surface area contributed by atoms with Gasteiger partial charge in [-0.3, -0.25) is 9.69 Å². The van der Waals surface area contributed by atoms with Crippen LogP contribution < -0.4 is 9.47 Å². The number of likely N-dealkylation sites (N-methyl/N-ethyl adjacent to an activating group) is 1. The minimum absolute atomic E-state index is 0.123. The molecule has 2 aromatic rings. The fraction of sp³-hybridized carbons (Fsp3) is 0.433. The van der Waals surface area contributed by atoms with E-state index in [0.717, 1.165) is 59.8 Å². The molecule has 0 amide bonds. The Kier molecular flexibility index (Phi) is 10.4. The second-order valence-corrected chi connectivity index (χ2v) is 9.09. The molecular weight excluding hydrogens is 422 g/mol. The molecule has 182 valence electrons. The largest absolute Gasteiger partial charge is 0.494 e. The Hall–Kier alpha value is -2.85. The number of hydrogen-bond acceptors (Lipinski definition) is 4. The van der Waals surface area contributed by atoms with Crippen LogP contribution in [0.2, 0.25) is 0 Å². The van der Waals surface area contributed by atoms with E-state index in [1.807, 2.05) is 60.7 Å². The number of unbranched alkanes of at least 4 members (excludes halogenated alkanes) is 4. The summed E-state index contributed by atoms with van der Waals surface area (Å²) < 4.78 is 11.6. The summed E-state index contributed by atoms with van der Waals surface area (Å²) in [6, 6.07) is 16.0. The predicted molar refractivity (Wildman–Crippen MR) is 141 cm³/mol. The van der Waals surface area contributed by atoms with Crippen molar-refractivity contribution in [2.45, 2.75) is 52.4 Å². The highest BCUT2D eigenvalue weighted by atomic mass is 16.5. The molecule has 1 heterocycles. The Morgan fingerprint density at radius 2 is 1.12 bits per heavy atom. The van der Waals surface area contributed by atoms with Crippen molar-refractivity contribution in [3.8, 4) is 11.5 Å². The van der Waals surface area contributed by atoms with Gasteiger partial charge in [-0.05, 0) is 67.4 Å². The molecule has 1 aliphatic rings. The van der Waals surface area contributed by atoms with E-state index in [9.17, 15) is 4.79 Å². The topological polar surface area (TPSA) is 38.8 Å². The van der Waals surface area contributed by atoms with Gasteiger partial charge in [-0.15, -0.1) is 0 Å². The molecule has 1 aliphatic heterocycles. The van der Waals surface area contributed by atoms with E-state index in [2.05, 4.69) is 25.8 Å². The zero-order valence-electron chi connectivity index (χ0n) is 21.0. The van der Waals surface area contributed by atoms with Gasteiger partial charge in [-0.2, -0.15) is 0 Å². The van der Waals surface area contributed by atoms with Crippen molar-refractivity contribution in [2.24, 2.45) is 0 Å². The Morgan fingerprint density at radius 1 is 0.706 bits per heavy atom. The summed E-state index contributed by atoms with van der Waals surface area (Å²) >= 11 is 0. The summed E-state index contributed by atoms with van der Waals surface area (Å²) in [6.45, 7) is 7.17. The number of likely N-dealkylation sites (tertiary alicyclic amines) is 1. The molecule has 0 saturated carbocycles. The summed E-state index contributed by atoms with van der Waals surface area (Å²) in [4.78, 5) is 15.4. The van der Waals surface area contributed by atoms with Crippen LogP contribution in [0.4, 0.5) is 0 Å². The van der Waals surface area contributed by atoms with Crippen LogP contribution in [0.1, 0.15) is 63.5 Å². The Bertz CT molecular complexity index is 880. The fourth-order valence-corrected chi connectivity index (χ4v) is 4.02. The number of hydrogen-bond donors (Lipinski definition) is 0. The van der Waals surface area contributed by atoms with E-state index in [1.54, 1.807) is 0 Å². The van der Waals surface area contributed by atoms with E-state index >= 15 is 0 Å². The van der Waals surface area contributed by atoms with Gasteiger partial charge in [0.25, 0.3) is 0 Å². The van der Waals surface area contributed by atoms with Crippen molar-refractivity contribution in [3.05, 3.63) is 70.8 Å². The molecule has 0 aromatic heterocycles. The number of nitrogens with zero attached hydrogens (tertiary/aromatic N) is 1. The molecular formula is C30H39NO3. The second kappa shape index (κ2) is 13.8. The monoisotopic (exact) mass is 461 g/mol. The summed E-state index contributed by atoms with van der Waals surface area (Å²) in [7, 11) is 2.05. The van der Waals surface area contributed by atoms with E-state index in [-0.39, 0.29) is 5.78 Å². The zero-order chi connectivity index (χ0) is 24.2. The van der Waals surface area contributed by atoms with Crippen molar-refractivity contribution in [3.63, 3.8) is 0 Å². The van der Waals surface area contributed by atoms with Crippen LogP contribution in [0.25, 0.3) is 12.2 Å². The number of carbonyl (C=O) groups is 1. The maximum atomic E-state index is 13.2. The van der Waals surface area contributed by atoms with Gasteiger partial charge in [-0.25, -0.2) is 0 Å². The number of ketones is 1. The third kappa shape index (κ3) is 8.18. The van der Waals surface area contributed by atoms with Gasteiger partial charge in [-0.1, -0.05) is 63.8 Å². The Morgan fingerprint density at radius 3 is 1.50 bits per heavy atom. The number of carbonyl (C=O) groups excluding carboxylic acids is 1. The van der Waals surface area contributed by atoms with E-state index in [0.29, 0.717) is 13.1 Å². The summed E-state index contributed by atoms with van der Waals surface area (Å²) in [5.41, 5.74) is 3.66. The van der Waals surface area contributed by atoms with Gasteiger partial charge in [0.05, 0.1) is 13.2 Å². The Labute approximate surface area is 205 Å². The fourth-order valence-electron chi connectivity index (χ4n) is 4.02. The molecule has 0 atom stereocenters. The lowest BCUT2D eigenvalue weighted by Gasteiger charge is -2.26. The van der Waals surface area contributed by atoms with Crippen LogP contribution in [0.3, 0.4) is 0 Å². The molecule has 1 fully saturated rings. The molecule has 4 heteroatoms. The highest BCUT2D eigenvalue weighted by Crippen LogP contribution is 2.23. The second-order valence-electron chi connectivity index (χ2n) is 9.09. The van der Waals surface area contributed by atoms with Gasteiger partial charge < -0.3 is 9.47 Å². The highest BCUT2D eigenvalue weighted by molar-refractivity contribution is 6.14. The lowest BCUT2D eigenvalue weighted by atomic mass is 9.94. The zero-order valence-corrected chi connectivity index (χ0v) is 21.0. The van der Waals surface area contributed by atoms with Gasteiger partial charge >= 0.3 is 0 Å². The van der Waals surface area contributed by atoms with Gasteiger partial charge in [0.15, 0.2) is 5.78 Å². The lowest BCUT2D eigenvalue weighted by molar-refractivity contribution is -0.113. The molecule has 0 N–H and O–H groups in total. The minimum Gasteiger partial charge on any atom is -0.494 e. The van der Waals surface area contributed by atoms with Crippen molar-refractivity contribution in [1.29, 1.82) is 0 Å². The highest BCUT2D eigenvalue weighted by Gasteiger charge is 2.23. The molecule has 1 saturated heterocycles. The third-order valence-corrected chi connectivity index (χ3v) is 5.94. The first-order chi connectivity index (χ1) is 16.6. The summed E-state index contributed by atoms with van der Waals surface area (Å²) in [5.74, 6) is 1.88. The number of rotatable bonds is 12. The maximum Gasteiger partial charge on any atom is 0.187 e. The van der Waals surface area contributed by atoms with E-state index < -0.39 is 0 Å². The molecule has 0 bridgehead atoms. The first-order valence-electron chi connectivity index (χ1n) is 12.7. The minimum atomic E-state index is 0.123. The van der Waals surface area contributed by atoms with Crippen molar-refractivity contribution < 1.29 is 14.3 Å². The first-order valence-corrected chi connectivity index (χ1v) is 12.7. The Balaban J connectivity index is 1.64. The quantitative estimate of drug-likeness (QED) is 0.257. The lowest BCUT2D eigenvalue weighted by Crippen LogP contribution is -2.34. The predicted octanol–water partition coefficient (Wildman–Crippen LogP) is 6.81. The van der Waals surface area contributed by atoms with Crippen LogP contribution in [0.15, 0.2) is 59.7 Å². The molecule has 3 rings (SSSR count). The maximum absolute atomic E-state index is 13.2. The molecule has 4 nitrogen and oxygen atoms in total. The van der Waals surface area contributed by atoms with Crippen molar-refractivity contribution in [2.75, 3.05) is 33.4 Å². The number of benzene rings is 2. The van der Waals surface area contributed by atoms with Crippen LogP contribution in [0.5, 0.6) is 11.5 Å².